The summed E-state index contributed by atoms with van der Waals surface area (Å²) in [5.41, 5.74) is 0.819. The van der Waals surface area contributed by atoms with Gasteiger partial charge in [-0.3, -0.25) is 0 Å². The van der Waals surface area contributed by atoms with Gasteiger partial charge >= 0.3 is 0 Å². The first-order chi connectivity index (χ1) is 11.6. The molecule has 0 aromatic heterocycles. The first kappa shape index (κ1) is 16.1. The molecule has 2 aromatic rings. The van der Waals surface area contributed by atoms with Crippen molar-refractivity contribution in [2.45, 2.75) is 17.6 Å². The topological polar surface area (TPSA) is 6.48 Å². The van der Waals surface area contributed by atoms with Crippen LogP contribution in [0.2, 0.25) is 11.6 Å². The van der Waals surface area contributed by atoms with Crippen LogP contribution in [0.4, 0.5) is 0 Å². The highest BCUT2D eigenvalue weighted by molar-refractivity contribution is 7.04. The van der Waals surface area contributed by atoms with E-state index in [1.165, 1.54) is 19.1 Å². The van der Waals surface area contributed by atoms with Crippen LogP contribution in [-0.2, 0) is 0 Å². The first-order valence-corrected chi connectivity index (χ1v) is 11.4. The Morgan fingerprint density at radius 1 is 0.875 bits per heavy atom. The average Bonchev–Trinajstić information content (AvgIpc) is 3.13. The molecule has 0 spiro atoms. The van der Waals surface area contributed by atoms with Gasteiger partial charge in [0.2, 0.25) is 0 Å². The fourth-order valence-corrected chi connectivity index (χ4v) is 12.0. The van der Waals surface area contributed by atoms with Gasteiger partial charge in [0.1, 0.15) is 8.07 Å². The molecule has 0 amide bonds. The van der Waals surface area contributed by atoms with Crippen LogP contribution in [0.1, 0.15) is 0 Å². The molecule has 3 heteroatoms. The Balaban J connectivity index is 1.91. The molecular formula is C21H28N2Si. The van der Waals surface area contributed by atoms with Crippen molar-refractivity contribution in [3.63, 3.8) is 0 Å². The van der Waals surface area contributed by atoms with Gasteiger partial charge in [-0.1, -0.05) is 71.0 Å². The predicted octanol–water partition coefficient (Wildman–Crippen LogP) is 2.13. The summed E-state index contributed by atoms with van der Waals surface area (Å²) in [4.78, 5) is 5.07. The molecule has 3 atom stereocenters. The van der Waals surface area contributed by atoms with Gasteiger partial charge in [0.25, 0.3) is 0 Å². The van der Waals surface area contributed by atoms with E-state index >= 15 is 0 Å². The third-order valence-electron chi connectivity index (χ3n) is 6.45. The fourth-order valence-electron chi connectivity index (χ4n) is 5.44. The van der Waals surface area contributed by atoms with Crippen LogP contribution in [0, 0.1) is 5.92 Å². The Labute approximate surface area is 147 Å². The summed E-state index contributed by atoms with van der Waals surface area (Å²) in [5.74, 6) is 0.803. The van der Waals surface area contributed by atoms with Crippen molar-refractivity contribution < 1.29 is 0 Å². The molecule has 2 heterocycles. The van der Waals surface area contributed by atoms with Gasteiger partial charge < -0.3 is 9.80 Å². The van der Waals surface area contributed by atoms with Crippen LogP contribution in [-0.4, -0.2) is 58.1 Å². The van der Waals surface area contributed by atoms with Crippen molar-refractivity contribution in [3.05, 3.63) is 60.7 Å². The summed E-state index contributed by atoms with van der Waals surface area (Å²) >= 11 is 0. The molecule has 24 heavy (non-hydrogen) atoms. The molecule has 2 aliphatic rings. The predicted molar refractivity (Wildman–Crippen MR) is 105 cm³/mol. The Kier molecular flexibility index (Phi) is 4.11. The van der Waals surface area contributed by atoms with E-state index in [-0.39, 0.29) is 0 Å². The minimum absolute atomic E-state index is 0.701. The molecule has 4 rings (SSSR count). The van der Waals surface area contributed by atoms with Gasteiger partial charge in [0.05, 0.1) is 0 Å². The van der Waals surface area contributed by atoms with Crippen molar-refractivity contribution in [3.8, 4) is 0 Å². The van der Waals surface area contributed by atoms with Crippen molar-refractivity contribution >= 4 is 18.4 Å². The quantitative estimate of drug-likeness (QED) is 0.792. The molecular weight excluding hydrogens is 308 g/mol. The van der Waals surface area contributed by atoms with E-state index in [1.54, 1.807) is 10.4 Å². The van der Waals surface area contributed by atoms with Crippen LogP contribution in [0.15, 0.2) is 60.7 Å². The molecule has 126 valence electrons. The van der Waals surface area contributed by atoms with Gasteiger partial charge in [-0.25, -0.2) is 0 Å². The molecule has 2 saturated heterocycles. The molecule has 0 radical (unpaired) electrons. The molecule has 2 aliphatic heterocycles. The second-order valence-corrected chi connectivity index (χ2v) is 12.2. The van der Waals surface area contributed by atoms with Gasteiger partial charge in [0.15, 0.2) is 0 Å². The number of hydrogen-bond donors (Lipinski definition) is 0. The maximum atomic E-state index is 2.57. The van der Waals surface area contributed by atoms with Crippen LogP contribution in [0.5, 0.6) is 0 Å². The van der Waals surface area contributed by atoms with Crippen molar-refractivity contribution in [2.75, 3.05) is 34.2 Å². The Morgan fingerprint density at radius 2 is 1.42 bits per heavy atom. The lowest BCUT2D eigenvalue weighted by atomic mass is 10.00. The lowest BCUT2D eigenvalue weighted by Crippen LogP contribution is -2.60. The second kappa shape index (κ2) is 6.14. The molecule has 0 bridgehead atoms. The van der Waals surface area contributed by atoms with Crippen molar-refractivity contribution in [1.29, 1.82) is 0 Å². The standard InChI is InChI=1S/C21H28N2Si/c1-22(2)20-16-24(17-10-6-4-7-11-17,18-12-8-5-9-13-18)21-15-23(3)14-19(20)21/h4-13,19-21H,14-16H2,1-3H3/t19-,20-,21-/m1/s1. The van der Waals surface area contributed by atoms with Gasteiger partial charge in [-0.05, 0) is 45.2 Å². The highest BCUT2D eigenvalue weighted by Gasteiger charge is 2.59. The average molecular weight is 337 g/mol. The summed E-state index contributed by atoms with van der Waals surface area (Å²) in [6.07, 6.45) is 0. The largest absolute Gasteiger partial charge is 0.306 e. The maximum absolute atomic E-state index is 2.57. The van der Waals surface area contributed by atoms with E-state index in [1.807, 2.05) is 0 Å². The highest BCUT2D eigenvalue weighted by Crippen LogP contribution is 2.49. The zero-order valence-corrected chi connectivity index (χ0v) is 16.0. The number of rotatable bonds is 3. The number of hydrogen-bond acceptors (Lipinski definition) is 2. The Morgan fingerprint density at radius 3 is 1.92 bits per heavy atom. The highest BCUT2D eigenvalue weighted by atomic mass is 28.3. The Bertz CT molecular complexity index is 646. The van der Waals surface area contributed by atoms with Gasteiger partial charge in [-0.15, -0.1) is 0 Å². The minimum Gasteiger partial charge on any atom is -0.306 e. The Hall–Kier alpha value is -1.42. The second-order valence-electron chi connectivity index (χ2n) is 7.93. The summed E-state index contributed by atoms with van der Waals surface area (Å²) < 4.78 is 0. The first-order valence-electron chi connectivity index (χ1n) is 9.09. The zero-order chi connectivity index (χ0) is 16.7. The van der Waals surface area contributed by atoms with E-state index < -0.39 is 8.07 Å². The molecule has 0 saturated carbocycles. The van der Waals surface area contributed by atoms with Crippen LogP contribution < -0.4 is 10.4 Å². The number of likely N-dealkylation sites (tertiary alicyclic amines) is 1. The molecule has 2 fully saturated rings. The molecule has 0 unspecified atom stereocenters. The molecule has 0 aliphatic carbocycles. The molecule has 0 N–H and O–H groups in total. The number of benzene rings is 2. The van der Waals surface area contributed by atoms with Gasteiger partial charge in [-0.2, -0.15) is 0 Å². The van der Waals surface area contributed by atoms with E-state index in [2.05, 4.69) is 91.6 Å². The summed E-state index contributed by atoms with van der Waals surface area (Å²) in [6.45, 7) is 2.51. The lowest BCUT2D eigenvalue weighted by Gasteiger charge is -2.35. The smallest absolute Gasteiger partial charge is 0.124 e. The minimum atomic E-state index is -1.77. The maximum Gasteiger partial charge on any atom is 0.124 e. The summed E-state index contributed by atoms with van der Waals surface area (Å²) in [5, 5.41) is 3.26. The van der Waals surface area contributed by atoms with Crippen molar-refractivity contribution in [1.82, 2.24) is 9.80 Å². The van der Waals surface area contributed by atoms with Crippen molar-refractivity contribution in [2.24, 2.45) is 5.92 Å². The normalized spacial score (nSPS) is 29.1. The number of fused-ring (bicyclic) bond motifs is 1. The third-order valence-corrected chi connectivity index (χ3v) is 12.1. The SMILES string of the molecule is CN1C[C@@H]2[C@H](N(C)C)C[Si](c3ccccc3)(c3ccccc3)[C@@H]2C1. The van der Waals surface area contributed by atoms with Gasteiger partial charge in [0, 0.05) is 12.6 Å². The third kappa shape index (κ3) is 2.38. The van der Waals surface area contributed by atoms with E-state index in [0.29, 0.717) is 6.04 Å². The van der Waals surface area contributed by atoms with E-state index in [0.717, 1.165) is 11.5 Å². The summed E-state index contributed by atoms with van der Waals surface area (Å²) in [7, 11) is 5.10. The van der Waals surface area contributed by atoms with Crippen LogP contribution in [0.3, 0.4) is 0 Å². The van der Waals surface area contributed by atoms with Crippen LogP contribution in [0.25, 0.3) is 0 Å². The molecule has 2 nitrogen and oxygen atoms in total. The van der Waals surface area contributed by atoms with E-state index in [9.17, 15) is 0 Å². The number of nitrogens with zero attached hydrogens (tertiary/aromatic N) is 2. The summed E-state index contributed by atoms with van der Waals surface area (Å²) in [6, 6.07) is 25.0. The van der Waals surface area contributed by atoms with E-state index in [4.69, 9.17) is 0 Å². The monoisotopic (exact) mass is 336 g/mol. The fraction of sp³-hybridized carbons (Fsp3) is 0.429. The van der Waals surface area contributed by atoms with Crippen LogP contribution >= 0.6 is 0 Å². The molecule has 2 aromatic carbocycles. The zero-order valence-electron chi connectivity index (χ0n) is 15.0. The lowest BCUT2D eigenvalue weighted by molar-refractivity contribution is 0.239.